The number of nitrogens with one attached hydrogen (secondary N) is 1. The smallest absolute Gasteiger partial charge is 0.254 e. The highest BCUT2D eigenvalue weighted by Gasteiger charge is 2.23. The Bertz CT molecular complexity index is 918. The summed E-state index contributed by atoms with van der Waals surface area (Å²) in [6, 6.07) is 13.3. The second-order valence-corrected chi connectivity index (χ2v) is 8.60. The van der Waals surface area contributed by atoms with Crippen LogP contribution in [-0.2, 0) is 4.79 Å². The molecule has 3 rings (SSSR count). The van der Waals surface area contributed by atoms with E-state index >= 15 is 0 Å². The Hall–Kier alpha value is -2.86. The summed E-state index contributed by atoms with van der Waals surface area (Å²) in [5.74, 6) is 1.14. The van der Waals surface area contributed by atoms with Crippen LogP contribution in [0, 0.1) is 19.8 Å². The van der Waals surface area contributed by atoms with Crippen LogP contribution >= 0.6 is 0 Å². The molecule has 166 valence electrons. The predicted octanol–water partition coefficient (Wildman–Crippen LogP) is 3.73. The van der Waals surface area contributed by atoms with Crippen molar-refractivity contribution in [2.45, 2.75) is 27.7 Å². The molecule has 0 spiro atoms. The molecule has 1 N–H and O–H groups in total. The van der Waals surface area contributed by atoms with E-state index in [2.05, 4.69) is 24.1 Å². The van der Waals surface area contributed by atoms with Gasteiger partial charge in [0.05, 0.1) is 13.2 Å². The summed E-state index contributed by atoms with van der Waals surface area (Å²) in [5, 5.41) is 3.01. The molecule has 0 bridgehead atoms. The molecule has 2 aromatic rings. The van der Waals surface area contributed by atoms with Gasteiger partial charge in [-0.25, -0.2) is 0 Å². The number of amides is 2. The molecule has 0 radical (unpaired) electrons. The Labute approximate surface area is 185 Å². The lowest BCUT2D eigenvalue weighted by molar-refractivity contribution is -0.117. The van der Waals surface area contributed by atoms with E-state index in [1.165, 1.54) is 0 Å². The third-order valence-electron chi connectivity index (χ3n) is 5.57. The first kappa shape index (κ1) is 22.8. The number of carbonyl (C=O) groups excluding carboxylic acids is 2. The first-order valence-corrected chi connectivity index (χ1v) is 10.9. The average Bonchev–Trinajstić information content (AvgIpc) is 2.76. The molecule has 6 nitrogen and oxygen atoms in total. The van der Waals surface area contributed by atoms with Gasteiger partial charge in [0.2, 0.25) is 5.91 Å². The minimum Gasteiger partial charge on any atom is -0.493 e. The second kappa shape index (κ2) is 10.4. The molecule has 6 heteroatoms. The molecule has 2 aromatic carbocycles. The molecular formula is C25H33N3O3. The van der Waals surface area contributed by atoms with Gasteiger partial charge in [0, 0.05) is 37.4 Å². The van der Waals surface area contributed by atoms with Gasteiger partial charge >= 0.3 is 0 Å². The standard InChI is InChI=1S/C25H33N3O3/c1-18(2)17-31-22-9-6-8-21(15-22)25(30)28-13-11-27(12-14-28)16-24(29)26-23-10-5-7-19(3)20(23)4/h5-10,15,18H,11-14,16-17H2,1-4H3,(H,26,29). The normalized spacial score (nSPS) is 14.5. The van der Waals surface area contributed by atoms with Crippen molar-refractivity contribution in [2.24, 2.45) is 5.92 Å². The van der Waals surface area contributed by atoms with E-state index in [1.807, 2.05) is 61.2 Å². The zero-order chi connectivity index (χ0) is 22.4. The molecule has 0 atom stereocenters. The van der Waals surface area contributed by atoms with E-state index in [-0.39, 0.29) is 11.8 Å². The minimum atomic E-state index is -0.0246. The predicted molar refractivity (Wildman–Crippen MR) is 124 cm³/mol. The molecule has 1 heterocycles. The molecule has 1 aliphatic rings. The molecule has 2 amide bonds. The van der Waals surface area contributed by atoms with E-state index in [4.69, 9.17) is 4.74 Å². The molecule has 0 aliphatic carbocycles. The van der Waals surface area contributed by atoms with Gasteiger partial charge in [-0.3, -0.25) is 14.5 Å². The number of aryl methyl sites for hydroxylation is 1. The Morgan fingerprint density at radius 1 is 1.03 bits per heavy atom. The summed E-state index contributed by atoms with van der Waals surface area (Å²) in [6.45, 7) is 11.7. The van der Waals surface area contributed by atoms with Crippen molar-refractivity contribution in [2.75, 3.05) is 44.6 Å². The van der Waals surface area contributed by atoms with E-state index < -0.39 is 0 Å². The average molecular weight is 424 g/mol. The number of ether oxygens (including phenoxy) is 1. The van der Waals surface area contributed by atoms with Crippen molar-refractivity contribution in [1.82, 2.24) is 9.80 Å². The van der Waals surface area contributed by atoms with Crippen LogP contribution in [0.15, 0.2) is 42.5 Å². The number of benzene rings is 2. The Kier molecular flexibility index (Phi) is 7.69. The van der Waals surface area contributed by atoms with Crippen molar-refractivity contribution < 1.29 is 14.3 Å². The van der Waals surface area contributed by atoms with E-state index in [9.17, 15) is 9.59 Å². The van der Waals surface area contributed by atoms with Crippen molar-refractivity contribution in [3.63, 3.8) is 0 Å². The number of anilines is 1. The molecule has 1 fully saturated rings. The molecule has 0 saturated carbocycles. The van der Waals surface area contributed by atoms with E-state index in [0.717, 1.165) is 22.6 Å². The van der Waals surface area contributed by atoms with Crippen LogP contribution in [-0.4, -0.2) is 60.9 Å². The summed E-state index contributed by atoms with van der Waals surface area (Å²) < 4.78 is 5.75. The zero-order valence-corrected chi connectivity index (χ0v) is 19.0. The van der Waals surface area contributed by atoms with E-state index in [1.54, 1.807) is 0 Å². The summed E-state index contributed by atoms with van der Waals surface area (Å²) >= 11 is 0. The van der Waals surface area contributed by atoms with Gasteiger partial charge in [-0.1, -0.05) is 32.0 Å². The van der Waals surface area contributed by atoms with Crippen LogP contribution in [0.25, 0.3) is 0 Å². The lowest BCUT2D eigenvalue weighted by atomic mass is 10.1. The largest absolute Gasteiger partial charge is 0.493 e. The quantitative estimate of drug-likeness (QED) is 0.737. The highest BCUT2D eigenvalue weighted by atomic mass is 16.5. The van der Waals surface area contributed by atoms with Gasteiger partial charge in [-0.05, 0) is 55.2 Å². The molecule has 1 saturated heterocycles. The second-order valence-electron chi connectivity index (χ2n) is 8.60. The molecule has 0 unspecified atom stereocenters. The van der Waals surface area contributed by atoms with Gasteiger partial charge in [-0.15, -0.1) is 0 Å². The van der Waals surface area contributed by atoms with Crippen LogP contribution in [0.2, 0.25) is 0 Å². The maximum Gasteiger partial charge on any atom is 0.254 e. The van der Waals surface area contributed by atoms with Crippen LogP contribution in [0.1, 0.15) is 35.3 Å². The van der Waals surface area contributed by atoms with Crippen LogP contribution < -0.4 is 10.1 Å². The van der Waals surface area contributed by atoms with Gasteiger partial charge in [0.1, 0.15) is 5.75 Å². The number of rotatable bonds is 7. The highest BCUT2D eigenvalue weighted by molar-refractivity contribution is 5.95. The first-order chi connectivity index (χ1) is 14.8. The first-order valence-electron chi connectivity index (χ1n) is 10.9. The van der Waals surface area contributed by atoms with Crippen LogP contribution in [0.3, 0.4) is 0 Å². The third-order valence-corrected chi connectivity index (χ3v) is 5.57. The van der Waals surface area contributed by atoms with Gasteiger partial charge in [0.15, 0.2) is 0 Å². The zero-order valence-electron chi connectivity index (χ0n) is 19.0. The molecule has 0 aromatic heterocycles. The number of hydrogen-bond donors (Lipinski definition) is 1. The fourth-order valence-electron chi connectivity index (χ4n) is 3.55. The maximum absolute atomic E-state index is 12.9. The van der Waals surface area contributed by atoms with Gasteiger partial charge in [0.25, 0.3) is 5.91 Å². The van der Waals surface area contributed by atoms with Crippen molar-refractivity contribution >= 4 is 17.5 Å². The number of hydrogen-bond acceptors (Lipinski definition) is 4. The van der Waals surface area contributed by atoms with Crippen LogP contribution in [0.5, 0.6) is 5.75 Å². The Morgan fingerprint density at radius 2 is 1.74 bits per heavy atom. The Balaban J connectivity index is 1.50. The molecular weight excluding hydrogens is 390 g/mol. The SMILES string of the molecule is Cc1cccc(NC(=O)CN2CCN(C(=O)c3cccc(OCC(C)C)c3)CC2)c1C. The minimum absolute atomic E-state index is 0.00878. The summed E-state index contributed by atoms with van der Waals surface area (Å²) in [4.78, 5) is 29.3. The maximum atomic E-state index is 12.9. The van der Waals surface area contributed by atoms with Crippen LogP contribution in [0.4, 0.5) is 5.69 Å². The highest BCUT2D eigenvalue weighted by Crippen LogP contribution is 2.19. The van der Waals surface area contributed by atoms with Gasteiger partial charge in [-0.2, -0.15) is 0 Å². The molecule has 1 aliphatic heterocycles. The fourth-order valence-corrected chi connectivity index (χ4v) is 3.55. The van der Waals surface area contributed by atoms with Crippen molar-refractivity contribution in [3.8, 4) is 5.75 Å². The topological polar surface area (TPSA) is 61.9 Å². The lowest BCUT2D eigenvalue weighted by Gasteiger charge is -2.34. The summed E-state index contributed by atoms with van der Waals surface area (Å²) in [5.41, 5.74) is 3.75. The van der Waals surface area contributed by atoms with Gasteiger partial charge < -0.3 is 15.0 Å². The monoisotopic (exact) mass is 423 g/mol. The number of nitrogens with zero attached hydrogens (tertiary/aromatic N) is 2. The summed E-state index contributed by atoms with van der Waals surface area (Å²) in [6.07, 6.45) is 0. The van der Waals surface area contributed by atoms with Crippen molar-refractivity contribution in [1.29, 1.82) is 0 Å². The van der Waals surface area contributed by atoms with E-state index in [0.29, 0.717) is 50.8 Å². The number of carbonyl (C=O) groups is 2. The van der Waals surface area contributed by atoms with Crippen molar-refractivity contribution in [3.05, 3.63) is 59.2 Å². The number of piperazine rings is 1. The fraction of sp³-hybridized carbons (Fsp3) is 0.440. The Morgan fingerprint density at radius 3 is 2.45 bits per heavy atom. The lowest BCUT2D eigenvalue weighted by Crippen LogP contribution is -2.50. The molecule has 31 heavy (non-hydrogen) atoms. The third kappa shape index (κ3) is 6.31. The summed E-state index contributed by atoms with van der Waals surface area (Å²) in [7, 11) is 0.